The summed E-state index contributed by atoms with van der Waals surface area (Å²) in [4.78, 5) is 31.4. The molecular formula is C18H21N7O4. The molecule has 1 aliphatic heterocycles. The van der Waals surface area contributed by atoms with E-state index in [1.165, 1.54) is 10.9 Å². The molecule has 11 nitrogen and oxygen atoms in total. The number of anilines is 2. The Morgan fingerprint density at radius 3 is 2.83 bits per heavy atom. The number of carbonyl (C=O) groups excluding carboxylic acids is 2. The van der Waals surface area contributed by atoms with E-state index in [2.05, 4.69) is 25.4 Å². The first-order valence-electron chi connectivity index (χ1n) is 9.26. The number of pyridine rings is 1. The number of amides is 1. The lowest BCUT2D eigenvalue weighted by Crippen LogP contribution is -2.36. The van der Waals surface area contributed by atoms with E-state index in [1.807, 2.05) is 0 Å². The van der Waals surface area contributed by atoms with E-state index < -0.39 is 11.9 Å². The number of hydrogen-bond donors (Lipinski definition) is 1. The van der Waals surface area contributed by atoms with Gasteiger partial charge >= 0.3 is 5.97 Å². The number of rotatable bonds is 5. The maximum Gasteiger partial charge on any atom is 0.342 e. The second-order valence-electron chi connectivity index (χ2n) is 6.44. The molecular weight excluding hydrogens is 378 g/mol. The Balaban J connectivity index is 1.56. The number of nitrogens with zero attached hydrogens (tertiary/aromatic N) is 6. The minimum absolute atomic E-state index is 0.114. The highest BCUT2D eigenvalue weighted by Gasteiger charge is 2.23. The third-order valence-electron chi connectivity index (χ3n) is 4.52. The first-order valence-corrected chi connectivity index (χ1v) is 9.26. The van der Waals surface area contributed by atoms with Gasteiger partial charge in [-0.15, -0.1) is 5.10 Å². The molecule has 1 N–H and O–H groups in total. The Kier molecular flexibility index (Phi) is 5.12. The van der Waals surface area contributed by atoms with E-state index in [0.29, 0.717) is 30.5 Å². The Morgan fingerprint density at radius 2 is 2.07 bits per heavy atom. The van der Waals surface area contributed by atoms with Crippen LogP contribution in [-0.4, -0.2) is 69.2 Å². The molecule has 1 aliphatic rings. The summed E-state index contributed by atoms with van der Waals surface area (Å²) in [6, 6.07) is 3.49. The van der Waals surface area contributed by atoms with Crippen LogP contribution in [0.15, 0.2) is 24.5 Å². The molecule has 0 bridgehead atoms. The fraction of sp³-hybridized carbons (Fsp3) is 0.389. The zero-order valence-corrected chi connectivity index (χ0v) is 16.2. The number of esters is 1. The lowest BCUT2D eigenvalue weighted by Gasteiger charge is -2.25. The van der Waals surface area contributed by atoms with Crippen LogP contribution in [0.2, 0.25) is 0 Å². The standard InChI is InChI=1S/C18H21N7O4/c1-3-29-17(27)13-10-19-23(2)15(13)16(26)20-12-4-5-14-21-18(22-25(14)11-12)24-6-8-28-9-7-24/h4-5,10-11H,3,6-9H2,1-2H3,(H,20,26). The molecule has 3 aromatic rings. The van der Waals surface area contributed by atoms with Crippen molar-refractivity contribution in [1.82, 2.24) is 24.4 Å². The van der Waals surface area contributed by atoms with Gasteiger partial charge in [0.2, 0.25) is 5.95 Å². The number of aromatic nitrogens is 5. The quantitative estimate of drug-likeness (QED) is 0.624. The van der Waals surface area contributed by atoms with E-state index in [4.69, 9.17) is 9.47 Å². The predicted molar refractivity (Wildman–Crippen MR) is 103 cm³/mol. The molecule has 152 valence electrons. The van der Waals surface area contributed by atoms with Crippen molar-refractivity contribution in [2.75, 3.05) is 43.1 Å². The van der Waals surface area contributed by atoms with Gasteiger partial charge < -0.3 is 19.7 Å². The lowest BCUT2D eigenvalue weighted by molar-refractivity contribution is 0.0523. The van der Waals surface area contributed by atoms with Gasteiger partial charge in [-0.25, -0.2) is 9.31 Å². The highest BCUT2D eigenvalue weighted by molar-refractivity contribution is 6.09. The van der Waals surface area contributed by atoms with Gasteiger partial charge in [0.15, 0.2) is 5.65 Å². The van der Waals surface area contributed by atoms with Crippen LogP contribution in [0.1, 0.15) is 27.8 Å². The highest BCUT2D eigenvalue weighted by Crippen LogP contribution is 2.17. The van der Waals surface area contributed by atoms with Crippen molar-refractivity contribution in [2.24, 2.45) is 7.05 Å². The van der Waals surface area contributed by atoms with Gasteiger partial charge in [-0.2, -0.15) is 10.1 Å². The Labute approximate surface area is 166 Å². The van der Waals surface area contributed by atoms with E-state index in [1.54, 1.807) is 36.8 Å². The Hall–Kier alpha value is -3.47. The van der Waals surface area contributed by atoms with Crippen LogP contribution in [0.25, 0.3) is 5.65 Å². The van der Waals surface area contributed by atoms with Gasteiger partial charge in [0.05, 0.1) is 37.9 Å². The van der Waals surface area contributed by atoms with Crippen molar-refractivity contribution in [3.63, 3.8) is 0 Å². The van der Waals surface area contributed by atoms with Crippen molar-refractivity contribution in [3.8, 4) is 0 Å². The number of nitrogens with one attached hydrogen (secondary N) is 1. The minimum atomic E-state index is -0.590. The summed E-state index contributed by atoms with van der Waals surface area (Å²) in [7, 11) is 1.59. The molecule has 4 rings (SSSR count). The number of morpholine rings is 1. The molecule has 1 amide bonds. The largest absolute Gasteiger partial charge is 0.462 e. The van der Waals surface area contributed by atoms with E-state index >= 15 is 0 Å². The maximum atomic E-state index is 12.8. The van der Waals surface area contributed by atoms with Crippen LogP contribution < -0.4 is 10.2 Å². The van der Waals surface area contributed by atoms with Crippen molar-refractivity contribution in [2.45, 2.75) is 6.92 Å². The van der Waals surface area contributed by atoms with Crippen molar-refractivity contribution in [1.29, 1.82) is 0 Å². The van der Waals surface area contributed by atoms with Crippen LogP contribution in [-0.2, 0) is 16.5 Å². The molecule has 0 aliphatic carbocycles. The van der Waals surface area contributed by atoms with Gasteiger partial charge in [-0.3, -0.25) is 9.48 Å². The first kappa shape index (κ1) is 18.9. The van der Waals surface area contributed by atoms with Crippen LogP contribution in [0.3, 0.4) is 0 Å². The van der Waals surface area contributed by atoms with Crippen LogP contribution >= 0.6 is 0 Å². The molecule has 4 heterocycles. The molecule has 1 fully saturated rings. The van der Waals surface area contributed by atoms with Crippen molar-refractivity contribution >= 4 is 29.2 Å². The van der Waals surface area contributed by atoms with Gasteiger partial charge in [0.25, 0.3) is 5.91 Å². The van der Waals surface area contributed by atoms with E-state index in [9.17, 15) is 9.59 Å². The second kappa shape index (κ2) is 7.87. The average molecular weight is 399 g/mol. The summed E-state index contributed by atoms with van der Waals surface area (Å²) in [6.07, 6.45) is 2.99. The maximum absolute atomic E-state index is 12.8. The summed E-state index contributed by atoms with van der Waals surface area (Å²) in [5.41, 5.74) is 1.41. The fourth-order valence-corrected chi connectivity index (χ4v) is 3.10. The molecule has 0 unspecified atom stereocenters. The molecule has 0 aromatic carbocycles. The molecule has 1 saturated heterocycles. The van der Waals surface area contributed by atoms with Gasteiger partial charge in [-0.1, -0.05) is 0 Å². The van der Waals surface area contributed by atoms with Crippen LogP contribution in [0.4, 0.5) is 11.6 Å². The molecule has 0 saturated carbocycles. The fourth-order valence-electron chi connectivity index (χ4n) is 3.10. The van der Waals surface area contributed by atoms with Crippen molar-refractivity contribution in [3.05, 3.63) is 35.8 Å². The predicted octanol–water partition coefficient (Wildman–Crippen LogP) is 0.728. The summed E-state index contributed by atoms with van der Waals surface area (Å²) < 4.78 is 13.3. The van der Waals surface area contributed by atoms with E-state index in [0.717, 1.165) is 13.1 Å². The van der Waals surface area contributed by atoms with Crippen LogP contribution in [0.5, 0.6) is 0 Å². The topological polar surface area (TPSA) is 116 Å². The number of aryl methyl sites for hydroxylation is 1. The number of ether oxygens (including phenoxy) is 2. The lowest BCUT2D eigenvalue weighted by atomic mass is 10.2. The smallest absolute Gasteiger partial charge is 0.342 e. The Morgan fingerprint density at radius 1 is 1.28 bits per heavy atom. The first-order chi connectivity index (χ1) is 14.1. The third-order valence-corrected chi connectivity index (χ3v) is 4.52. The zero-order valence-electron chi connectivity index (χ0n) is 16.2. The summed E-state index contributed by atoms with van der Waals surface area (Å²) in [6.45, 7) is 4.67. The molecule has 0 radical (unpaired) electrons. The average Bonchev–Trinajstić information content (AvgIpc) is 3.32. The van der Waals surface area contributed by atoms with Gasteiger partial charge in [0, 0.05) is 20.1 Å². The normalized spacial score (nSPS) is 14.2. The van der Waals surface area contributed by atoms with Gasteiger partial charge in [0.1, 0.15) is 11.3 Å². The van der Waals surface area contributed by atoms with Crippen molar-refractivity contribution < 1.29 is 19.1 Å². The highest BCUT2D eigenvalue weighted by atomic mass is 16.5. The molecule has 0 spiro atoms. The van der Waals surface area contributed by atoms with Gasteiger partial charge in [-0.05, 0) is 19.1 Å². The molecule has 29 heavy (non-hydrogen) atoms. The number of fused-ring (bicyclic) bond motifs is 1. The third kappa shape index (κ3) is 3.76. The Bertz CT molecular complexity index is 1050. The molecule has 0 atom stereocenters. The van der Waals surface area contributed by atoms with Crippen LogP contribution in [0, 0.1) is 0 Å². The summed E-state index contributed by atoms with van der Waals surface area (Å²) >= 11 is 0. The molecule has 3 aromatic heterocycles. The monoisotopic (exact) mass is 399 g/mol. The zero-order chi connectivity index (χ0) is 20.4. The second-order valence-corrected chi connectivity index (χ2v) is 6.44. The number of carbonyl (C=O) groups is 2. The number of hydrogen-bond acceptors (Lipinski definition) is 8. The summed E-state index contributed by atoms with van der Waals surface area (Å²) in [5.74, 6) is -0.443. The van der Waals surface area contributed by atoms with E-state index in [-0.39, 0.29) is 17.9 Å². The summed E-state index contributed by atoms with van der Waals surface area (Å²) in [5, 5.41) is 11.3. The molecule has 11 heteroatoms. The SMILES string of the molecule is CCOC(=O)c1cnn(C)c1C(=O)Nc1ccc2nc(N3CCOCC3)nn2c1. The minimum Gasteiger partial charge on any atom is -0.462 e.